The molecule has 1 atom stereocenters. The van der Waals surface area contributed by atoms with Crippen molar-refractivity contribution in [1.82, 2.24) is 15.1 Å². The summed E-state index contributed by atoms with van der Waals surface area (Å²) < 4.78 is 17.6. The van der Waals surface area contributed by atoms with Crippen LogP contribution in [0.2, 0.25) is 0 Å². The van der Waals surface area contributed by atoms with Gasteiger partial charge in [-0.3, -0.25) is 4.79 Å². The number of hydrogen-bond donors (Lipinski definition) is 0. The molecule has 0 aliphatic carbocycles. The first-order chi connectivity index (χ1) is 16.1. The molecule has 2 aliphatic heterocycles. The molecule has 2 aromatic carbocycles. The summed E-state index contributed by atoms with van der Waals surface area (Å²) in [5, 5.41) is 8.77. The number of rotatable bonds is 5. The molecule has 0 N–H and O–H groups in total. The van der Waals surface area contributed by atoms with E-state index >= 15 is 0 Å². The highest BCUT2D eigenvalue weighted by Crippen LogP contribution is 2.49. The highest BCUT2D eigenvalue weighted by Gasteiger charge is 2.51. The second-order valence-corrected chi connectivity index (χ2v) is 8.95. The predicted octanol–water partition coefficient (Wildman–Crippen LogP) is 4.48. The summed E-state index contributed by atoms with van der Waals surface area (Å²) in [6.07, 6.45) is 1.72. The van der Waals surface area contributed by atoms with E-state index in [0.29, 0.717) is 56.0 Å². The van der Waals surface area contributed by atoms with Gasteiger partial charge in [0.15, 0.2) is 0 Å². The minimum absolute atomic E-state index is 0.0225. The number of amides is 1. The largest absolute Gasteiger partial charge is 0.493 e. The molecule has 1 aromatic heterocycles. The molecule has 0 saturated carbocycles. The van der Waals surface area contributed by atoms with Crippen LogP contribution in [0.5, 0.6) is 5.75 Å². The Hall–Kier alpha value is -3.19. The van der Waals surface area contributed by atoms with Gasteiger partial charge in [0.05, 0.1) is 18.1 Å². The minimum Gasteiger partial charge on any atom is -0.493 e. The number of carbonyl (C=O) groups is 1. The number of likely N-dealkylation sites (tertiary alicyclic amines) is 1. The van der Waals surface area contributed by atoms with Crippen LogP contribution in [0.1, 0.15) is 47.5 Å². The second-order valence-electron chi connectivity index (χ2n) is 8.95. The number of hydrogen-bond acceptors (Lipinski definition) is 6. The van der Waals surface area contributed by atoms with Gasteiger partial charge in [-0.05, 0) is 51.0 Å². The zero-order valence-electron chi connectivity index (χ0n) is 19.1. The summed E-state index contributed by atoms with van der Waals surface area (Å²) in [6, 6.07) is 15.5. The van der Waals surface area contributed by atoms with Gasteiger partial charge < -0.3 is 18.8 Å². The Kier molecular flexibility index (Phi) is 5.89. The monoisotopic (exact) mass is 447 g/mol. The van der Waals surface area contributed by atoms with Crippen LogP contribution in [-0.2, 0) is 4.74 Å². The molecule has 3 aromatic rings. The van der Waals surface area contributed by atoms with Crippen molar-refractivity contribution in [2.75, 3.05) is 32.9 Å². The molecule has 7 heteroatoms. The standard InChI is InChI=1S/C26H29N3O4/c1-3-32-22-7-5-4-6-20(22)25(30)29-16-21(26(17-29)12-14-31-15-13-26)24-28-27-23(33-24)19-10-8-18(2)9-11-19/h4-11,21H,3,12-17H2,1-2H3. The summed E-state index contributed by atoms with van der Waals surface area (Å²) in [6.45, 7) is 7.01. The number of ether oxygens (including phenoxy) is 2. The van der Waals surface area contributed by atoms with Crippen molar-refractivity contribution < 1.29 is 18.7 Å². The molecule has 0 bridgehead atoms. The van der Waals surface area contributed by atoms with Crippen LogP contribution >= 0.6 is 0 Å². The van der Waals surface area contributed by atoms with E-state index in [-0.39, 0.29) is 17.2 Å². The first-order valence-corrected chi connectivity index (χ1v) is 11.6. The fraction of sp³-hybridized carbons (Fsp3) is 0.423. The summed E-state index contributed by atoms with van der Waals surface area (Å²) in [5.74, 6) is 1.68. The van der Waals surface area contributed by atoms with E-state index in [1.165, 1.54) is 5.56 Å². The lowest BCUT2D eigenvalue weighted by molar-refractivity contribution is 0.00906. The Bertz CT molecular complexity index is 1120. The lowest BCUT2D eigenvalue weighted by Crippen LogP contribution is -2.37. The number of aryl methyl sites for hydroxylation is 1. The average molecular weight is 448 g/mol. The summed E-state index contributed by atoms with van der Waals surface area (Å²) >= 11 is 0. The van der Waals surface area contributed by atoms with Crippen molar-refractivity contribution in [3.8, 4) is 17.2 Å². The van der Waals surface area contributed by atoms with E-state index in [0.717, 1.165) is 18.4 Å². The topological polar surface area (TPSA) is 77.7 Å². The van der Waals surface area contributed by atoms with E-state index in [2.05, 4.69) is 10.2 Å². The van der Waals surface area contributed by atoms with Crippen molar-refractivity contribution in [3.05, 3.63) is 65.5 Å². The molecule has 0 radical (unpaired) electrons. The molecule has 1 spiro atoms. The Morgan fingerprint density at radius 2 is 1.88 bits per heavy atom. The van der Waals surface area contributed by atoms with Crippen LogP contribution in [0.15, 0.2) is 52.9 Å². The average Bonchev–Trinajstić information content (AvgIpc) is 3.46. The molecule has 2 fully saturated rings. The molecule has 33 heavy (non-hydrogen) atoms. The fourth-order valence-corrected chi connectivity index (χ4v) is 5.03. The number of nitrogens with zero attached hydrogens (tertiary/aromatic N) is 3. The quantitative estimate of drug-likeness (QED) is 0.574. The third-order valence-corrected chi connectivity index (χ3v) is 6.88. The van der Waals surface area contributed by atoms with Gasteiger partial charge in [-0.2, -0.15) is 0 Å². The van der Waals surface area contributed by atoms with Crippen LogP contribution in [0.25, 0.3) is 11.5 Å². The Balaban J connectivity index is 1.45. The lowest BCUT2D eigenvalue weighted by atomic mass is 9.72. The number of carbonyl (C=O) groups excluding carboxylic acids is 1. The molecular weight excluding hydrogens is 418 g/mol. The number of benzene rings is 2. The molecule has 172 valence electrons. The maximum Gasteiger partial charge on any atom is 0.257 e. The van der Waals surface area contributed by atoms with Gasteiger partial charge in [0.1, 0.15) is 5.75 Å². The summed E-state index contributed by atoms with van der Waals surface area (Å²) in [4.78, 5) is 15.5. The van der Waals surface area contributed by atoms with Crippen molar-refractivity contribution in [2.24, 2.45) is 5.41 Å². The van der Waals surface area contributed by atoms with Crippen LogP contribution in [0.3, 0.4) is 0 Å². The van der Waals surface area contributed by atoms with E-state index in [1.54, 1.807) is 0 Å². The SMILES string of the molecule is CCOc1ccccc1C(=O)N1CC(c2nnc(-c3ccc(C)cc3)o2)C2(CCOCC2)C1. The van der Waals surface area contributed by atoms with Crippen molar-refractivity contribution in [3.63, 3.8) is 0 Å². The van der Waals surface area contributed by atoms with Crippen LogP contribution < -0.4 is 4.74 Å². The van der Waals surface area contributed by atoms with Crippen LogP contribution in [0.4, 0.5) is 0 Å². The highest BCUT2D eigenvalue weighted by atomic mass is 16.5. The van der Waals surface area contributed by atoms with Crippen LogP contribution in [-0.4, -0.2) is 53.9 Å². The van der Waals surface area contributed by atoms with E-state index in [1.807, 2.05) is 67.3 Å². The van der Waals surface area contributed by atoms with Gasteiger partial charge >= 0.3 is 0 Å². The maximum atomic E-state index is 13.6. The van der Waals surface area contributed by atoms with Crippen molar-refractivity contribution in [2.45, 2.75) is 32.6 Å². The molecule has 2 saturated heterocycles. The van der Waals surface area contributed by atoms with Gasteiger partial charge in [-0.1, -0.05) is 29.8 Å². The zero-order valence-corrected chi connectivity index (χ0v) is 19.1. The van der Waals surface area contributed by atoms with Crippen LogP contribution in [0, 0.1) is 12.3 Å². The van der Waals surface area contributed by atoms with E-state index in [9.17, 15) is 4.79 Å². The first-order valence-electron chi connectivity index (χ1n) is 11.6. The maximum absolute atomic E-state index is 13.6. The predicted molar refractivity (Wildman–Crippen MR) is 123 cm³/mol. The Labute approximate surface area is 193 Å². The fourth-order valence-electron chi connectivity index (χ4n) is 5.03. The third-order valence-electron chi connectivity index (χ3n) is 6.88. The van der Waals surface area contributed by atoms with E-state index in [4.69, 9.17) is 13.9 Å². The normalized spacial score (nSPS) is 19.7. The molecule has 1 unspecified atom stereocenters. The second kappa shape index (κ2) is 8.98. The van der Waals surface area contributed by atoms with Gasteiger partial charge in [0.2, 0.25) is 11.8 Å². The molecule has 5 rings (SSSR count). The number of para-hydroxylation sites is 1. The molecule has 7 nitrogen and oxygen atoms in total. The Morgan fingerprint density at radius 1 is 1.12 bits per heavy atom. The minimum atomic E-state index is -0.133. The molecule has 3 heterocycles. The third kappa shape index (κ3) is 4.13. The summed E-state index contributed by atoms with van der Waals surface area (Å²) in [7, 11) is 0. The van der Waals surface area contributed by atoms with Gasteiger partial charge in [0, 0.05) is 37.3 Å². The molecule has 1 amide bonds. The zero-order chi connectivity index (χ0) is 22.8. The van der Waals surface area contributed by atoms with Crippen molar-refractivity contribution >= 4 is 5.91 Å². The highest BCUT2D eigenvalue weighted by molar-refractivity contribution is 5.97. The van der Waals surface area contributed by atoms with Crippen molar-refractivity contribution in [1.29, 1.82) is 0 Å². The molecule has 2 aliphatic rings. The molecular formula is C26H29N3O4. The Morgan fingerprint density at radius 3 is 2.64 bits per heavy atom. The lowest BCUT2D eigenvalue weighted by Gasteiger charge is -2.36. The number of aromatic nitrogens is 2. The van der Waals surface area contributed by atoms with Gasteiger partial charge in [-0.25, -0.2) is 0 Å². The van der Waals surface area contributed by atoms with E-state index < -0.39 is 0 Å². The van der Waals surface area contributed by atoms with Gasteiger partial charge in [-0.15, -0.1) is 10.2 Å². The first kappa shape index (κ1) is 21.6. The smallest absolute Gasteiger partial charge is 0.257 e. The summed E-state index contributed by atoms with van der Waals surface area (Å²) in [5.41, 5.74) is 2.54. The van der Waals surface area contributed by atoms with Gasteiger partial charge in [0.25, 0.3) is 5.91 Å².